The van der Waals surface area contributed by atoms with Crippen LogP contribution in [0.25, 0.3) is 6.08 Å². The van der Waals surface area contributed by atoms with E-state index in [1.165, 1.54) is 6.08 Å². The predicted molar refractivity (Wildman–Crippen MR) is 56.3 cm³/mol. The standard InChI is InChI=1S/C9H7Cl2NO2/c10-6-2-1-5(3-7(6)11)4-8(12)9(13)14/h1-4H,12H2,(H,13,14). The molecule has 5 heteroatoms. The molecule has 0 aliphatic carbocycles. The molecule has 0 aromatic heterocycles. The highest BCUT2D eigenvalue weighted by Crippen LogP contribution is 2.23. The lowest BCUT2D eigenvalue weighted by molar-refractivity contribution is -0.132. The van der Waals surface area contributed by atoms with Crippen LogP contribution in [0.5, 0.6) is 0 Å². The molecule has 1 rings (SSSR count). The third kappa shape index (κ3) is 2.65. The van der Waals surface area contributed by atoms with Gasteiger partial charge in [-0.2, -0.15) is 0 Å². The molecule has 0 saturated carbocycles. The summed E-state index contributed by atoms with van der Waals surface area (Å²) < 4.78 is 0. The lowest BCUT2D eigenvalue weighted by atomic mass is 10.2. The van der Waals surface area contributed by atoms with Gasteiger partial charge in [-0.25, -0.2) is 4.79 Å². The van der Waals surface area contributed by atoms with Crippen molar-refractivity contribution >= 4 is 35.2 Å². The summed E-state index contributed by atoms with van der Waals surface area (Å²) in [4.78, 5) is 10.4. The Kier molecular flexibility index (Phi) is 3.38. The van der Waals surface area contributed by atoms with Crippen LogP contribution >= 0.6 is 23.2 Å². The second-order valence-corrected chi connectivity index (χ2v) is 3.39. The van der Waals surface area contributed by atoms with E-state index in [9.17, 15) is 4.79 Å². The molecule has 0 atom stereocenters. The Labute approximate surface area is 90.7 Å². The fourth-order valence-electron chi connectivity index (χ4n) is 0.843. The van der Waals surface area contributed by atoms with Gasteiger partial charge in [0.1, 0.15) is 5.70 Å². The second-order valence-electron chi connectivity index (χ2n) is 2.58. The normalized spacial score (nSPS) is 11.4. The monoisotopic (exact) mass is 231 g/mol. The Hall–Kier alpha value is -1.19. The first-order valence-electron chi connectivity index (χ1n) is 3.66. The van der Waals surface area contributed by atoms with Crippen LogP contribution in [0.2, 0.25) is 10.0 Å². The lowest BCUT2D eigenvalue weighted by Gasteiger charge is -1.98. The molecule has 0 aliphatic rings. The molecule has 0 fully saturated rings. The quantitative estimate of drug-likeness (QED) is 0.769. The minimum absolute atomic E-state index is 0.247. The fourth-order valence-corrected chi connectivity index (χ4v) is 1.15. The number of halogens is 2. The van der Waals surface area contributed by atoms with Gasteiger partial charge in [0.2, 0.25) is 0 Å². The van der Waals surface area contributed by atoms with Crippen molar-refractivity contribution in [2.24, 2.45) is 5.73 Å². The van der Waals surface area contributed by atoms with Crippen molar-refractivity contribution in [3.63, 3.8) is 0 Å². The first-order valence-corrected chi connectivity index (χ1v) is 4.42. The molecular weight excluding hydrogens is 225 g/mol. The summed E-state index contributed by atoms with van der Waals surface area (Å²) in [5.41, 5.74) is 5.57. The average molecular weight is 232 g/mol. The van der Waals surface area contributed by atoms with Crippen LogP contribution in [-0.2, 0) is 4.79 Å². The van der Waals surface area contributed by atoms with Crippen LogP contribution < -0.4 is 5.73 Å². The summed E-state index contributed by atoms with van der Waals surface area (Å²) >= 11 is 11.4. The van der Waals surface area contributed by atoms with Gasteiger partial charge in [0, 0.05) is 0 Å². The second kappa shape index (κ2) is 4.35. The highest BCUT2D eigenvalue weighted by atomic mass is 35.5. The highest BCUT2D eigenvalue weighted by molar-refractivity contribution is 6.42. The van der Waals surface area contributed by atoms with Gasteiger partial charge < -0.3 is 10.8 Å². The molecule has 0 amide bonds. The number of hydrogen-bond donors (Lipinski definition) is 2. The molecule has 0 heterocycles. The molecule has 0 bridgehead atoms. The first-order chi connectivity index (χ1) is 6.50. The Bertz CT molecular complexity index is 402. The number of nitrogens with two attached hydrogens (primary N) is 1. The number of rotatable bonds is 2. The number of carbonyl (C=O) groups is 1. The van der Waals surface area contributed by atoms with Crippen molar-refractivity contribution in [3.8, 4) is 0 Å². The van der Waals surface area contributed by atoms with Crippen molar-refractivity contribution in [3.05, 3.63) is 39.5 Å². The van der Waals surface area contributed by atoms with Crippen LogP contribution in [-0.4, -0.2) is 11.1 Å². The van der Waals surface area contributed by atoms with E-state index in [0.717, 1.165) is 0 Å². The van der Waals surface area contributed by atoms with Crippen LogP contribution in [0.15, 0.2) is 23.9 Å². The number of hydrogen-bond acceptors (Lipinski definition) is 2. The van der Waals surface area contributed by atoms with E-state index in [1.54, 1.807) is 18.2 Å². The van der Waals surface area contributed by atoms with Gasteiger partial charge in [-0.15, -0.1) is 0 Å². The predicted octanol–water partition coefficient (Wildman–Crippen LogP) is 2.38. The maximum atomic E-state index is 10.4. The van der Waals surface area contributed by atoms with Crippen molar-refractivity contribution in [2.75, 3.05) is 0 Å². The molecule has 1 aromatic rings. The summed E-state index contributed by atoms with van der Waals surface area (Å²) in [6.07, 6.45) is 1.31. The van der Waals surface area contributed by atoms with Gasteiger partial charge in [0.25, 0.3) is 0 Å². The van der Waals surface area contributed by atoms with E-state index >= 15 is 0 Å². The Balaban J connectivity index is 3.04. The largest absolute Gasteiger partial charge is 0.477 e. The van der Waals surface area contributed by atoms with E-state index in [-0.39, 0.29) is 5.70 Å². The average Bonchev–Trinajstić information content (AvgIpc) is 2.11. The molecule has 0 spiro atoms. The van der Waals surface area contributed by atoms with Gasteiger partial charge in [0.15, 0.2) is 0 Å². The number of benzene rings is 1. The minimum Gasteiger partial charge on any atom is -0.477 e. The molecular formula is C9H7Cl2NO2. The number of carboxylic acids is 1. The third-order valence-electron chi connectivity index (χ3n) is 1.51. The summed E-state index contributed by atoms with van der Waals surface area (Å²) in [6.45, 7) is 0. The van der Waals surface area contributed by atoms with E-state index in [2.05, 4.69) is 0 Å². The molecule has 3 N–H and O–H groups in total. The fraction of sp³-hybridized carbons (Fsp3) is 0. The maximum Gasteiger partial charge on any atom is 0.351 e. The maximum absolute atomic E-state index is 10.4. The van der Waals surface area contributed by atoms with E-state index < -0.39 is 5.97 Å². The molecule has 0 unspecified atom stereocenters. The van der Waals surface area contributed by atoms with Crippen LogP contribution in [0.1, 0.15) is 5.56 Å². The summed E-state index contributed by atoms with van der Waals surface area (Å²) in [5.74, 6) is -1.17. The zero-order valence-corrected chi connectivity index (χ0v) is 8.51. The zero-order chi connectivity index (χ0) is 10.7. The highest BCUT2D eigenvalue weighted by Gasteiger charge is 2.02. The van der Waals surface area contributed by atoms with E-state index in [0.29, 0.717) is 15.6 Å². The van der Waals surface area contributed by atoms with E-state index in [1.807, 2.05) is 0 Å². The van der Waals surface area contributed by atoms with Gasteiger partial charge >= 0.3 is 5.97 Å². The van der Waals surface area contributed by atoms with Crippen molar-refractivity contribution in [1.29, 1.82) is 0 Å². The van der Waals surface area contributed by atoms with Gasteiger partial charge in [-0.3, -0.25) is 0 Å². The molecule has 0 saturated heterocycles. The minimum atomic E-state index is -1.17. The Morgan fingerprint density at radius 1 is 1.36 bits per heavy atom. The Morgan fingerprint density at radius 2 is 2.00 bits per heavy atom. The summed E-state index contributed by atoms with van der Waals surface area (Å²) in [7, 11) is 0. The van der Waals surface area contributed by atoms with Crippen molar-refractivity contribution in [2.45, 2.75) is 0 Å². The van der Waals surface area contributed by atoms with Crippen molar-refractivity contribution < 1.29 is 9.90 Å². The molecule has 14 heavy (non-hydrogen) atoms. The molecule has 1 aromatic carbocycles. The van der Waals surface area contributed by atoms with E-state index in [4.69, 9.17) is 34.0 Å². The van der Waals surface area contributed by atoms with Gasteiger partial charge in [0.05, 0.1) is 10.0 Å². The zero-order valence-electron chi connectivity index (χ0n) is 7.00. The molecule has 0 aliphatic heterocycles. The summed E-state index contributed by atoms with van der Waals surface area (Å²) in [6, 6.07) is 4.74. The lowest BCUT2D eigenvalue weighted by Crippen LogP contribution is -2.09. The van der Waals surface area contributed by atoms with Crippen LogP contribution in [0.4, 0.5) is 0 Å². The Morgan fingerprint density at radius 3 is 2.50 bits per heavy atom. The van der Waals surface area contributed by atoms with Gasteiger partial charge in [-0.1, -0.05) is 29.3 Å². The number of aliphatic carboxylic acids is 1. The number of carboxylic acid groups (broad SMARTS) is 1. The molecule has 3 nitrogen and oxygen atoms in total. The molecule has 0 radical (unpaired) electrons. The SMILES string of the molecule is NC(=Cc1ccc(Cl)c(Cl)c1)C(=O)O. The van der Waals surface area contributed by atoms with Crippen molar-refractivity contribution in [1.82, 2.24) is 0 Å². The van der Waals surface area contributed by atoms with Crippen LogP contribution in [0, 0.1) is 0 Å². The van der Waals surface area contributed by atoms with Crippen LogP contribution in [0.3, 0.4) is 0 Å². The topological polar surface area (TPSA) is 63.3 Å². The van der Waals surface area contributed by atoms with Gasteiger partial charge in [-0.05, 0) is 23.8 Å². The third-order valence-corrected chi connectivity index (χ3v) is 2.25. The molecule has 74 valence electrons. The smallest absolute Gasteiger partial charge is 0.351 e. The summed E-state index contributed by atoms with van der Waals surface area (Å²) in [5, 5.41) is 9.29. The first kappa shape index (κ1) is 10.9.